The number of aromatic nitrogens is 1. The maximum atomic E-state index is 8.85. The molecule has 0 fully saturated rings. The van der Waals surface area contributed by atoms with Crippen molar-refractivity contribution in [2.45, 2.75) is 6.04 Å². The summed E-state index contributed by atoms with van der Waals surface area (Å²) in [6.07, 6.45) is 1.62. The molecule has 0 saturated heterocycles. The summed E-state index contributed by atoms with van der Waals surface area (Å²) in [7, 11) is 1.54. The van der Waals surface area contributed by atoms with Crippen LogP contribution in [-0.4, -0.2) is 23.8 Å². The highest BCUT2D eigenvalue weighted by molar-refractivity contribution is 9.10. The van der Waals surface area contributed by atoms with Crippen LogP contribution in [0.4, 0.5) is 0 Å². The Balaban J connectivity index is 3.05. The van der Waals surface area contributed by atoms with Gasteiger partial charge in [-0.1, -0.05) is 0 Å². The molecule has 1 heterocycles. The van der Waals surface area contributed by atoms with Crippen LogP contribution in [0.15, 0.2) is 16.7 Å². The van der Waals surface area contributed by atoms with Crippen LogP contribution in [0.3, 0.4) is 0 Å². The van der Waals surface area contributed by atoms with Gasteiger partial charge >= 0.3 is 0 Å². The lowest BCUT2D eigenvalue weighted by Crippen LogP contribution is -2.17. The first-order valence-corrected chi connectivity index (χ1v) is 4.54. The molecule has 1 rings (SSSR count). The summed E-state index contributed by atoms with van der Waals surface area (Å²) in [4.78, 5) is 4.06. The van der Waals surface area contributed by atoms with Gasteiger partial charge < -0.3 is 15.6 Å². The molecule has 72 valence electrons. The monoisotopic (exact) mass is 246 g/mol. The number of hydrogen-bond donors (Lipinski definition) is 2. The smallest absolute Gasteiger partial charge is 0.143 e. The lowest BCUT2D eigenvalue weighted by molar-refractivity contribution is 0.262. The molecule has 1 atom stereocenters. The van der Waals surface area contributed by atoms with Crippen molar-refractivity contribution in [3.8, 4) is 5.75 Å². The minimum absolute atomic E-state index is 0.148. The molecule has 1 aromatic rings. The van der Waals surface area contributed by atoms with Crippen molar-refractivity contribution in [2.24, 2.45) is 5.73 Å². The zero-order valence-electron chi connectivity index (χ0n) is 7.20. The molecular formula is C8H11BrN2O2. The van der Waals surface area contributed by atoms with E-state index in [1.54, 1.807) is 12.3 Å². The van der Waals surface area contributed by atoms with E-state index in [2.05, 4.69) is 20.9 Å². The second kappa shape index (κ2) is 4.55. The van der Waals surface area contributed by atoms with Crippen molar-refractivity contribution in [1.82, 2.24) is 4.98 Å². The largest absolute Gasteiger partial charge is 0.495 e. The van der Waals surface area contributed by atoms with Crippen molar-refractivity contribution in [3.63, 3.8) is 0 Å². The fourth-order valence-electron chi connectivity index (χ4n) is 0.960. The fourth-order valence-corrected chi connectivity index (χ4v) is 1.27. The Labute approximate surface area is 84.9 Å². The van der Waals surface area contributed by atoms with Crippen molar-refractivity contribution in [3.05, 3.63) is 22.4 Å². The third-order valence-electron chi connectivity index (χ3n) is 1.62. The molecule has 0 radical (unpaired) electrons. The average Bonchev–Trinajstić information content (AvgIpc) is 2.16. The predicted molar refractivity (Wildman–Crippen MR) is 52.5 cm³/mol. The summed E-state index contributed by atoms with van der Waals surface area (Å²) in [6, 6.07) is 1.26. The Kier molecular flexibility index (Phi) is 3.65. The van der Waals surface area contributed by atoms with Gasteiger partial charge in [-0.15, -0.1) is 0 Å². The Bertz CT molecular complexity index is 293. The normalized spacial score (nSPS) is 12.6. The van der Waals surface area contributed by atoms with Gasteiger partial charge in [0.1, 0.15) is 11.4 Å². The Morgan fingerprint density at radius 1 is 1.77 bits per heavy atom. The zero-order valence-corrected chi connectivity index (χ0v) is 8.78. The van der Waals surface area contributed by atoms with E-state index < -0.39 is 6.04 Å². The molecule has 0 amide bonds. The summed E-state index contributed by atoms with van der Waals surface area (Å²) in [5, 5.41) is 8.85. The summed E-state index contributed by atoms with van der Waals surface area (Å²) in [5.74, 6) is 0.580. The van der Waals surface area contributed by atoms with Gasteiger partial charge in [-0.3, -0.25) is 4.98 Å². The molecule has 0 unspecified atom stereocenters. The van der Waals surface area contributed by atoms with Crippen LogP contribution in [0.2, 0.25) is 0 Å². The number of aliphatic hydroxyl groups is 1. The second-order valence-corrected chi connectivity index (χ2v) is 3.45. The molecule has 0 aliphatic rings. The van der Waals surface area contributed by atoms with Crippen molar-refractivity contribution in [1.29, 1.82) is 0 Å². The maximum Gasteiger partial charge on any atom is 0.143 e. The standard InChI is InChI=1S/C8H11BrN2O2/c1-13-7-2-5(9)3-11-8(7)6(10)4-12/h2-3,6,12H,4,10H2,1H3/t6-/m0/s1. The number of rotatable bonds is 3. The number of hydrogen-bond acceptors (Lipinski definition) is 4. The van der Waals surface area contributed by atoms with Gasteiger partial charge in [0.05, 0.1) is 19.8 Å². The molecule has 1 aromatic heterocycles. The fraction of sp³-hybridized carbons (Fsp3) is 0.375. The lowest BCUT2D eigenvalue weighted by atomic mass is 10.2. The van der Waals surface area contributed by atoms with Crippen molar-refractivity contribution in [2.75, 3.05) is 13.7 Å². The maximum absolute atomic E-state index is 8.85. The summed E-state index contributed by atoms with van der Waals surface area (Å²) < 4.78 is 5.88. The summed E-state index contributed by atoms with van der Waals surface area (Å²) in [6.45, 7) is -0.148. The summed E-state index contributed by atoms with van der Waals surface area (Å²) >= 11 is 3.26. The van der Waals surface area contributed by atoms with E-state index in [0.29, 0.717) is 11.4 Å². The second-order valence-electron chi connectivity index (χ2n) is 2.53. The predicted octanol–water partition coefficient (Wildman–Crippen LogP) is 0.845. The van der Waals surface area contributed by atoms with E-state index in [9.17, 15) is 0 Å². The molecule has 13 heavy (non-hydrogen) atoms. The Morgan fingerprint density at radius 2 is 2.46 bits per heavy atom. The van der Waals surface area contributed by atoms with E-state index in [4.69, 9.17) is 15.6 Å². The molecule has 0 bridgehead atoms. The number of nitrogens with two attached hydrogens (primary N) is 1. The Morgan fingerprint density at radius 3 is 3.00 bits per heavy atom. The highest BCUT2D eigenvalue weighted by Crippen LogP contribution is 2.24. The van der Waals surface area contributed by atoms with Crippen molar-refractivity contribution >= 4 is 15.9 Å². The quantitative estimate of drug-likeness (QED) is 0.830. The number of ether oxygens (including phenoxy) is 1. The molecule has 0 saturated carbocycles. The van der Waals surface area contributed by atoms with E-state index >= 15 is 0 Å². The van der Waals surface area contributed by atoms with Crippen LogP contribution in [0.25, 0.3) is 0 Å². The van der Waals surface area contributed by atoms with Gasteiger partial charge in [0.15, 0.2) is 0 Å². The van der Waals surface area contributed by atoms with Crippen LogP contribution in [-0.2, 0) is 0 Å². The van der Waals surface area contributed by atoms with Crippen molar-refractivity contribution < 1.29 is 9.84 Å². The van der Waals surface area contributed by atoms with Gasteiger partial charge in [0, 0.05) is 10.7 Å². The number of methoxy groups -OCH3 is 1. The Hall–Kier alpha value is -0.650. The topological polar surface area (TPSA) is 68.4 Å². The first-order valence-electron chi connectivity index (χ1n) is 3.75. The van der Waals surface area contributed by atoms with E-state index in [-0.39, 0.29) is 6.61 Å². The summed E-state index contributed by atoms with van der Waals surface area (Å²) in [5.41, 5.74) is 6.18. The van der Waals surface area contributed by atoms with Crippen LogP contribution < -0.4 is 10.5 Å². The van der Waals surface area contributed by atoms with E-state index in [0.717, 1.165) is 4.47 Å². The SMILES string of the molecule is COc1cc(Br)cnc1[C@@H](N)CO. The number of aliphatic hydroxyl groups excluding tert-OH is 1. The van der Waals surface area contributed by atoms with Gasteiger partial charge in [-0.2, -0.15) is 0 Å². The number of halogens is 1. The molecule has 4 nitrogen and oxygen atoms in total. The molecule has 0 spiro atoms. The highest BCUT2D eigenvalue weighted by atomic mass is 79.9. The van der Waals surface area contributed by atoms with Gasteiger partial charge in [0.2, 0.25) is 0 Å². The number of nitrogens with zero attached hydrogens (tertiary/aromatic N) is 1. The highest BCUT2D eigenvalue weighted by Gasteiger charge is 2.12. The third kappa shape index (κ3) is 2.40. The van der Waals surface area contributed by atoms with Crippen LogP contribution in [0.5, 0.6) is 5.75 Å². The van der Waals surface area contributed by atoms with Gasteiger partial charge in [-0.05, 0) is 22.0 Å². The molecule has 3 N–H and O–H groups in total. The van der Waals surface area contributed by atoms with E-state index in [1.807, 2.05) is 0 Å². The molecule has 5 heteroatoms. The van der Waals surface area contributed by atoms with Crippen LogP contribution >= 0.6 is 15.9 Å². The van der Waals surface area contributed by atoms with Gasteiger partial charge in [-0.25, -0.2) is 0 Å². The minimum Gasteiger partial charge on any atom is -0.495 e. The zero-order chi connectivity index (χ0) is 9.84. The minimum atomic E-state index is -0.497. The molecule has 0 aliphatic carbocycles. The van der Waals surface area contributed by atoms with Gasteiger partial charge in [0.25, 0.3) is 0 Å². The first-order chi connectivity index (χ1) is 6.19. The third-order valence-corrected chi connectivity index (χ3v) is 2.05. The molecular weight excluding hydrogens is 236 g/mol. The van der Waals surface area contributed by atoms with Crippen LogP contribution in [0, 0.1) is 0 Å². The molecule has 0 aliphatic heterocycles. The van der Waals surface area contributed by atoms with Crippen LogP contribution in [0.1, 0.15) is 11.7 Å². The average molecular weight is 247 g/mol. The number of pyridine rings is 1. The molecule has 0 aromatic carbocycles. The lowest BCUT2D eigenvalue weighted by Gasteiger charge is -2.11. The van der Waals surface area contributed by atoms with E-state index in [1.165, 1.54) is 7.11 Å². The first kappa shape index (κ1) is 10.4.